The van der Waals surface area contributed by atoms with E-state index in [1.54, 1.807) is 6.07 Å². The van der Waals surface area contributed by atoms with Crippen LogP contribution in [0.2, 0.25) is 0 Å². The Hall–Kier alpha value is -4.12. The molecule has 3 aromatic heterocycles. The summed E-state index contributed by atoms with van der Waals surface area (Å²) in [6.07, 6.45) is 2.02. The highest BCUT2D eigenvalue weighted by atomic mass is 16.4. The van der Waals surface area contributed by atoms with Gasteiger partial charge in [-0.05, 0) is 35.4 Å². The molecule has 0 atom stereocenters. The molecule has 0 bridgehead atoms. The van der Waals surface area contributed by atoms with E-state index in [0.29, 0.717) is 18.8 Å². The number of rotatable bonds is 6. The molecule has 0 saturated carbocycles. The van der Waals surface area contributed by atoms with Crippen molar-refractivity contribution >= 4 is 16.9 Å². The van der Waals surface area contributed by atoms with E-state index < -0.39 is 5.97 Å². The molecule has 0 aliphatic rings. The number of benzene rings is 2. The van der Waals surface area contributed by atoms with Crippen molar-refractivity contribution in [2.45, 2.75) is 39.3 Å². The molecule has 176 valence electrons. The highest BCUT2D eigenvalue weighted by Crippen LogP contribution is 2.36. The second-order valence-corrected chi connectivity index (χ2v) is 9.95. The number of nitrogens with zero attached hydrogens (tertiary/aromatic N) is 3. The normalized spacial score (nSPS) is 11.7. The summed E-state index contributed by atoms with van der Waals surface area (Å²) in [4.78, 5) is 16.8. The van der Waals surface area contributed by atoms with Crippen LogP contribution >= 0.6 is 0 Å². The van der Waals surface area contributed by atoms with Gasteiger partial charge in [0.15, 0.2) is 5.69 Å². The Balaban J connectivity index is 1.74. The van der Waals surface area contributed by atoms with Crippen LogP contribution in [0.5, 0.6) is 0 Å². The lowest BCUT2D eigenvalue weighted by molar-refractivity contribution is 0.0691. The lowest BCUT2D eigenvalue weighted by atomic mass is 9.91. The molecule has 0 aliphatic heterocycles. The maximum absolute atomic E-state index is 12.1. The van der Waals surface area contributed by atoms with Gasteiger partial charge in [0.1, 0.15) is 0 Å². The first kappa shape index (κ1) is 22.7. The second-order valence-electron chi connectivity index (χ2n) is 9.95. The number of carboxylic acid groups (broad SMARTS) is 1. The smallest absolute Gasteiger partial charge is 0.354 e. The molecular formula is C30H29N3O2. The Labute approximate surface area is 205 Å². The van der Waals surface area contributed by atoms with Crippen molar-refractivity contribution < 1.29 is 9.90 Å². The molecule has 0 saturated heterocycles. The number of aromatic nitrogens is 3. The monoisotopic (exact) mass is 463 g/mol. The third-order valence-corrected chi connectivity index (χ3v) is 6.34. The fourth-order valence-electron chi connectivity index (χ4n) is 4.66. The molecule has 0 unspecified atom stereocenters. The highest BCUT2D eigenvalue weighted by molar-refractivity contribution is 5.98. The standard InChI is InChI=1S/C30H29N3O2/c1-30(2,3)27-17-23-26(33(27)20-22-13-8-5-9-14-22)18-24(29(34)35)31-28(23)25-15-10-16-32(25)19-21-11-6-4-7-12-21/h4-18H,19-20H2,1-3H3,(H,34,35). The van der Waals surface area contributed by atoms with Crippen molar-refractivity contribution in [2.75, 3.05) is 0 Å². The zero-order valence-corrected chi connectivity index (χ0v) is 20.3. The quantitative estimate of drug-likeness (QED) is 0.309. The van der Waals surface area contributed by atoms with E-state index in [1.807, 2.05) is 54.7 Å². The Morgan fingerprint density at radius 3 is 2.09 bits per heavy atom. The fraction of sp³-hybridized carbons (Fsp3) is 0.200. The molecule has 0 aliphatic carbocycles. The van der Waals surface area contributed by atoms with E-state index >= 15 is 0 Å². The summed E-state index contributed by atoms with van der Waals surface area (Å²) >= 11 is 0. The summed E-state index contributed by atoms with van der Waals surface area (Å²) in [6, 6.07) is 28.4. The van der Waals surface area contributed by atoms with Crippen LogP contribution in [0.15, 0.2) is 91.1 Å². The van der Waals surface area contributed by atoms with Gasteiger partial charge in [-0.2, -0.15) is 0 Å². The van der Waals surface area contributed by atoms with Crippen LogP contribution in [-0.4, -0.2) is 25.2 Å². The molecule has 0 spiro atoms. The predicted molar refractivity (Wildman–Crippen MR) is 140 cm³/mol. The molecule has 5 nitrogen and oxygen atoms in total. The summed E-state index contributed by atoms with van der Waals surface area (Å²) in [5.41, 5.74) is 5.87. The van der Waals surface area contributed by atoms with Crippen LogP contribution in [0, 0.1) is 0 Å². The zero-order valence-electron chi connectivity index (χ0n) is 20.3. The number of aromatic carboxylic acids is 1. The molecule has 5 rings (SSSR count). The zero-order chi connectivity index (χ0) is 24.6. The molecule has 5 aromatic rings. The lowest BCUT2D eigenvalue weighted by Crippen LogP contribution is -2.18. The van der Waals surface area contributed by atoms with E-state index in [1.165, 1.54) is 5.56 Å². The van der Waals surface area contributed by atoms with E-state index in [9.17, 15) is 9.90 Å². The largest absolute Gasteiger partial charge is 0.477 e. The molecular weight excluding hydrogens is 434 g/mol. The van der Waals surface area contributed by atoms with E-state index in [4.69, 9.17) is 0 Å². The minimum atomic E-state index is -1.03. The van der Waals surface area contributed by atoms with E-state index in [0.717, 1.165) is 27.9 Å². The van der Waals surface area contributed by atoms with Crippen LogP contribution in [0.4, 0.5) is 0 Å². The van der Waals surface area contributed by atoms with Gasteiger partial charge in [-0.15, -0.1) is 0 Å². The van der Waals surface area contributed by atoms with Gasteiger partial charge < -0.3 is 14.2 Å². The Bertz CT molecular complexity index is 1490. The number of carboxylic acids is 1. The van der Waals surface area contributed by atoms with Crippen LogP contribution in [-0.2, 0) is 18.5 Å². The topological polar surface area (TPSA) is 60.1 Å². The fourth-order valence-corrected chi connectivity index (χ4v) is 4.66. The highest BCUT2D eigenvalue weighted by Gasteiger charge is 2.25. The number of carbonyl (C=O) groups is 1. The Kier molecular flexibility index (Phi) is 5.77. The van der Waals surface area contributed by atoms with Crippen molar-refractivity contribution in [3.05, 3.63) is 114 Å². The molecule has 35 heavy (non-hydrogen) atoms. The first-order valence-corrected chi connectivity index (χ1v) is 11.8. The molecule has 3 heterocycles. The van der Waals surface area contributed by atoms with Gasteiger partial charge in [0.25, 0.3) is 0 Å². The predicted octanol–water partition coefficient (Wildman–Crippen LogP) is 6.60. The molecule has 0 radical (unpaired) electrons. The van der Waals surface area contributed by atoms with Crippen molar-refractivity contribution in [1.29, 1.82) is 0 Å². The first-order chi connectivity index (χ1) is 16.8. The van der Waals surface area contributed by atoms with Crippen molar-refractivity contribution in [1.82, 2.24) is 14.1 Å². The average Bonchev–Trinajstić information content (AvgIpc) is 3.44. The maximum atomic E-state index is 12.1. The lowest BCUT2D eigenvalue weighted by Gasteiger charge is -2.22. The van der Waals surface area contributed by atoms with Crippen molar-refractivity contribution in [2.24, 2.45) is 0 Å². The maximum Gasteiger partial charge on any atom is 0.354 e. The minimum absolute atomic E-state index is 0.0489. The van der Waals surface area contributed by atoms with Crippen molar-refractivity contribution in [3.8, 4) is 11.4 Å². The Morgan fingerprint density at radius 1 is 0.857 bits per heavy atom. The van der Waals surface area contributed by atoms with Crippen LogP contribution in [0.1, 0.15) is 48.1 Å². The SMILES string of the molecule is CC(C)(C)c1cc2c(-c3cccn3Cc3ccccc3)nc(C(=O)O)cc2n1Cc1ccccc1. The van der Waals surface area contributed by atoms with Gasteiger partial charge >= 0.3 is 5.97 Å². The molecule has 2 aromatic carbocycles. The van der Waals surface area contributed by atoms with E-state index in [-0.39, 0.29) is 11.1 Å². The third-order valence-electron chi connectivity index (χ3n) is 6.34. The minimum Gasteiger partial charge on any atom is -0.477 e. The number of pyridine rings is 1. The number of hydrogen-bond acceptors (Lipinski definition) is 2. The molecule has 5 heteroatoms. The number of hydrogen-bond donors (Lipinski definition) is 1. The van der Waals surface area contributed by atoms with Crippen LogP contribution in [0.25, 0.3) is 22.3 Å². The summed E-state index contributed by atoms with van der Waals surface area (Å²) in [5, 5.41) is 10.9. The molecule has 0 fully saturated rings. The van der Waals surface area contributed by atoms with Gasteiger partial charge in [0, 0.05) is 35.8 Å². The third kappa shape index (κ3) is 4.50. The summed E-state index contributed by atoms with van der Waals surface area (Å²) in [6.45, 7) is 7.90. The van der Waals surface area contributed by atoms with Gasteiger partial charge in [0.2, 0.25) is 0 Å². The Morgan fingerprint density at radius 2 is 1.49 bits per heavy atom. The van der Waals surface area contributed by atoms with E-state index in [2.05, 4.69) is 65.2 Å². The van der Waals surface area contributed by atoms with Gasteiger partial charge in [0.05, 0.1) is 16.9 Å². The molecule has 1 N–H and O–H groups in total. The summed E-state index contributed by atoms with van der Waals surface area (Å²) < 4.78 is 4.38. The van der Waals surface area contributed by atoms with Crippen LogP contribution < -0.4 is 0 Å². The second kappa shape index (κ2) is 8.91. The van der Waals surface area contributed by atoms with Gasteiger partial charge in [-0.3, -0.25) is 0 Å². The van der Waals surface area contributed by atoms with Crippen molar-refractivity contribution in [3.63, 3.8) is 0 Å². The first-order valence-electron chi connectivity index (χ1n) is 11.8. The van der Waals surface area contributed by atoms with Gasteiger partial charge in [-0.25, -0.2) is 9.78 Å². The summed E-state index contributed by atoms with van der Waals surface area (Å²) in [7, 11) is 0. The van der Waals surface area contributed by atoms with Crippen LogP contribution in [0.3, 0.4) is 0 Å². The van der Waals surface area contributed by atoms with Gasteiger partial charge in [-0.1, -0.05) is 81.4 Å². The molecule has 0 amide bonds. The number of fused-ring (bicyclic) bond motifs is 1. The average molecular weight is 464 g/mol. The summed E-state index contributed by atoms with van der Waals surface area (Å²) in [5.74, 6) is -1.03.